The number of ether oxygens (including phenoxy) is 1. The number of hydrogen-bond acceptors (Lipinski definition) is 6. The average Bonchev–Trinajstić information content (AvgIpc) is 3.30. The highest BCUT2D eigenvalue weighted by atomic mass is 19.4. The molecule has 1 amide bonds. The van der Waals surface area contributed by atoms with E-state index in [0.29, 0.717) is 24.7 Å². The monoisotopic (exact) mass is 530 g/mol. The number of likely N-dealkylation sites (tertiary alicyclic amines) is 1. The van der Waals surface area contributed by atoms with Gasteiger partial charge in [-0.1, -0.05) is 12.1 Å². The molecule has 11 heteroatoms. The van der Waals surface area contributed by atoms with Gasteiger partial charge in [0.05, 0.1) is 0 Å². The van der Waals surface area contributed by atoms with Gasteiger partial charge in [-0.2, -0.15) is 13.2 Å². The quantitative estimate of drug-likeness (QED) is 0.409. The number of rotatable bonds is 5. The van der Waals surface area contributed by atoms with Gasteiger partial charge in [0.2, 0.25) is 0 Å². The zero-order valence-corrected chi connectivity index (χ0v) is 21.8. The summed E-state index contributed by atoms with van der Waals surface area (Å²) < 4.78 is 49.8. The van der Waals surface area contributed by atoms with E-state index in [1.807, 2.05) is 26.8 Å². The Bertz CT molecular complexity index is 1310. The van der Waals surface area contributed by atoms with Gasteiger partial charge < -0.3 is 20.3 Å². The van der Waals surface area contributed by atoms with Crippen LogP contribution in [-0.4, -0.2) is 56.1 Å². The number of anilines is 2. The zero-order chi connectivity index (χ0) is 27.1. The second kappa shape index (κ2) is 9.99. The summed E-state index contributed by atoms with van der Waals surface area (Å²) in [5.74, 6) is 0.242. The molecule has 2 N–H and O–H groups in total. The van der Waals surface area contributed by atoms with Gasteiger partial charge in [-0.15, -0.1) is 0 Å². The van der Waals surface area contributed by atoms with Crippen LogP contribution in [0.25, 0.3) is 16.9 Å². The van der Waals surface area contributed by atoms with E-state index in [1.165, 1.54) is 12.4 Å². The minimum absolute atomic E-state index is 0.0826. The minimum Gasteiger partial charge on any atom is -0.444 e. The number of aromatic nitrogens is 3. The van der Waals surface area contributed by atoms with E-state index in [2.05, 4.69) is 20.6 Å². The number of fused-ring (bicyclic) bond motifs is 1. The van der Waals surface area contributed by atoms with Gasteiger partial charge in [-0.3, -0.25) is 4.40 Å². The van der Waals surface area contributed by atoms with E-state index < -0.39 is 23.6 Å². The summed E-state index contributed by atoms with van der Waals surface area (Å²) in [6.07, 6.45) is 2.27. The molecule has 1 saturated heterocycles. The van der Waals surface area contributed by atoms with Gasteiger partial charge in [0.1, 0.15) is 11.3 Å². The lowest BCUT2D eigenvalue weighted by atomic mass is 9.93. The number of carbonyl (C=O) groups excluding carboxylic acids is 1. The molecule has 0 unspecified atom stereocenters. The summed E-state index contributed by atoms with van der Waals surface area (Å²) in [5.41, 5.74) is -0.468. The maximum Gasteiger partial charge on any atom is 0.433 e. The molecule has 38 heavy (non-hydrogen) atoms. The third-order valence-corrected chi connectivity index (χ3v) is 6.84. The number of nitrogens with one attached hydrogen (secondary N) is 2. The van der Waals surface area contributed by atoms with Crippen LogP contribution in [0.15, 0.2) is 36.7 Å². The van der Waals surface area contributed by atoms with Crippen LogP contribution >= 0.6 is 0 Å². The Labute approximate surface area is 219 Å². The highest BCUT2D eigenvalue weighted by Gasteiger charge is 2.39. The molecule has 2 aromatic heterocycles. The van der Waals surface area contributed by atoms with Gasteiger partial charge in [0.15, 0.2) is 17.2 Å². The van der Waals surface area contributed by atoms with Crippen molar-refractivity contribution in [3.63, 3.8) is 0 Å². The molecule has 2 fully saturated rings. The highest BCUT2D eigenvalue weighted by Crippen LogP contribution is 2.39. The third-order valence-electron chi connectivity index (χ3n) is 6.84. The molecule has 1 atom stereocenters. The molecule has 1 aliphatic heterocycles. The minimum atomic E-state index is -4.66. The fourth-order valence-corrected chi connectivity index (χ4v) is 4.88. The van der Waals surface area contributed by atoms with Gasteiger partial charge in [-0.25, -0.2) is 14.8 Å². The molecule has 0 radical (unpaired) electrons. The van der Waals surface area contributed by atoms with Crippen molar-refractivity contribution in [1.29, 1.82) is 0 Å². The Morgan fingerprint density at radius 3 is 2.53 bits per heavy atom. The molecule has 8 nitrogen and oxygen atoms in total. The van der Waals surface area contributed by atoms with E-state index in [0.717, 1.165) is 42.2 Å². The molecular weight excluding hydrogens is 497 g/mol. The van der Waals surface area contributed by atoms with Gasteiger partial charge >= 0.3 is 12.3 Å². The Morgan fingerprint density at radius 1 is 1.08 bits per heavy atom. The predicted molar refractivity (Wildman–Crippen MR) is 139 cm³/mol. The lowest BCUT2D eigenvalue weighted by Crippen LogP contribution is -2.47. The summed E-state index contributed by atoms with van der Waals surface area (Å²) in [7, 11) is 0. The number of hydrogen-bond donors (Lipinski definition) is 2. The SMILES string of the molecule is CC(C)(C)OC(=O)N1CCC[C@H](Nc2nc(-c3cccc(NC4CCC4)c3)c(C(F)(F)F)n3ccnc23)C1. The van der Waals surface area contributed by atoms with Crippen molar-refractivity contribution in [3.05, 3.63) is 42.4 Å². The lowest BCUT2D eigenvalue weighted by molar-refractivity contribution is -0.141. The average molecular weight is 531 g/mol. The second-order valence-corrected chi connectivity index (χ2v) is 11.0. The van der Waals surface area contributed by atoms with Crippen LogP contribution in [0.3, 0.4) is 0 Å². The number of alkyl halides is 3. The number of nitrogens with zero attached hydrogens (tertiary/aromatic N) is 4. The molecule has 1 saturated carbocycles. The Kier molecular flexibility index (Phi) is 6.87. The van der Waals surface area contributed by atoms with Crippen LogP contribution in [0.1, 0.15) is 58.6 Å². The summed E-state index contributed by atoms with van der Waals surface area (Å²) in [6, 6.07) is 7.07. The Balaban J connectivity index is 1.49. The van der Waals surface area contributed by atoms with Gasteiger partial charge in [0, 0.05) is 48.8 Å². The number of halogens is 3. The normalized spacial score (nSPS) is 18.8. The van der Waals surface area contributed by atoms with E-state index >= 15 is 0 Å². The predicted octanol–water partition coefficient (Wildman–Crippen LogP) is 6.19. The third kappa shape index (κ3) is 5.66. The number of amides is 1. The Morgan fingerprint density at radius 2 is 1.84 bits per heavy atom. The summed E-state index contributed by atoms with van der Waals surface area (Å²) in [4.78, 5) is 22.9. The number of benzene rings is 1. The van der Waals surface area contributed by atoms with Crippen molar-refractivity contribution >= 4 is 23.2 Å². The first-order valence-corrected chi connectivity index (χ1v) is 13.0. The molecule has 1 aromatic carbocycles. The van der Waals surface area contributed by atoms with E-state index in [1.54, 1.807) is 23.1 Å². The standard InChI is InChI=1S/C27H33F3N6O2/c1-26(2,3)38-25(37)35-13-6-11-20(16-35)33-23-24-31-12-14-36(24)22(27(28,29)30)21(34-23)17-7-4-10-19(15-17)32-18-8-5-9-18/h4,7,10,12,14-15,18,20,32H,5-6,8-9,11,13,16H2,1-3H3,(H,33,34)/t20-/m0/s1. The van der Waals surface area contributed by atoms with Crippen LogP contribution in [-0.2, 0) is 10.9 Å². The fraction of sp³-hybridized carbons (Fsp3) is 0.519. The van der Waals surface area contributed by atoms with E-state index in [9.17, 15) is 18.0 Å². The first-order chi connectivity index (χ1) is 18.0. The van der Waals surface area contributed by atoms with E-state index in [4.69, 9.17) is 4.74 Å². The highest BCUT2D eigenvalue weighted by molar-refractivity contribution is 5.75. The summed E-state index contributed by atoms with van der Waals surface area (Å²) >= 11 is 0. The van der Waals surface area contributed by atoms with Crippen molar-refractivity contribution in [3.8, 4) is 11.3 Å². The molecule has 204 valence electrons. The molecule has 0 bridgehead atoms. The van der Waals surface area contributed by atoms with E-state index in [-0.39, 0.29) is 23.2 Å². The van der Waals surface area contributed by atoms with Crippen molar-refractivity contribution in [2.45, 2.75) is 76.7 Å². The van der Waals surface area contributed by atoms with Crippen molar-refractivity contribution in [1.82, 2.24) is 19.3 Å². The Hall–Kier alpha value is -3.50. The smallest absolute Gasteiger partial charge is 0.433 e. The second-order valence-electron chi connectivity index (χ2n) is 11.0. The summed E-state index contributed by atoms with van der Waals surface area (Å²) in [6.45, 7) is 6.33. The van der Waals surface area contributed by atoms with Gasteiger partial charge in [-0.05, 0) is 65.0 Å². The van der Waals surface area contributed by atoms with Crippen molar-refractivity contribution in [2.24, 2.45) is 0 Å². The maximum atomic E-state index is 14.4. The number of imidazole rings is 1. The van der Waals surface area contributed by atoms with Crippen LogP contribution in [0.4, 0.5) is 29.5 Å². The molecule has 3 heterocycles. The molecular formula is C27H33F3N6O2. The van der Waals surface area contributed by atoms with Crippen LogP contribution in [0, 0.1) is 0 Å². The molecule has 1 aliphatic carbocycles. The maximum absolute atomic E-state index is 14.4. The molecule has 0 spiro atoms. The molecule has 3 aromatic rings. The fourth-order valence-electron chi connectivity index (χ4n) is 4.88. The number of piperidine rings is 1. The topological polar surface area (TPSA) is 83.8 Å². The lowest BCUT2D eigenvalue weighted by Gasteiger charge is -2.34. The van der Waals surface area contributed by atoms with Gasteiger partial charge in [0.25, 0.3) is 0 Å². The largest absolute Gasteiger partial charge is 0.444 e. The number of carbonyl (C=O) groups is 1. The first-order valence-electron chi connectivity index (χ1n) is 13.0. The first kappa shape index (κ1) is 26.1. The zero-order valence-electron chi connectivity index (χ0n) is 21.8. The summed E-state index contributed by atoms with van der Waals surface area (Å²) in [5, 5.41) is 6.68. The van der Waals surface area contributed by atoms with Crippen molar-refractivity contribution in [2.75, 3.05) is 23.7 Å². The van der Waals surface area contributed by atoms with Crippen LogP contribution < -0.4 is 10.6 Å². The van der Waals surface area contributed by atoms with Crippen molar-refractivity contribution < 1.29 is 22.7 Å². The molecule has 5 rings (SSSR count). The van der Waals surface area contributed by atoms with Crippen LogP contribution in [0.5, 0.6) is 0 Å². The van der Waals surface area contributed by atoms with Crippen LogP contribution in [0.2, 0.25) is 0 Å². The molecule has 2 aliphatic rings.